The Labute approximate surface area is 118 Å². The first-order valence-electron chi connectivity index (χ1n) is 6.63. The SMILES string of the molecule is C[C@@H](N[C@H](C)c1ccc([N+](=O)[O-])cc1)c1ccccc1. The van der Waals surface area contributed by atoms with E-state index in [-0.39, 0.29) is 22.7 Å². The fraction of sp³-hybridized carbons (Fsp3) is 0.250. The third-order valence-electron chi connectivity index (χ3n) is 3.40. The van der Waals surface area contributed by atoms with Crippen molar-refractivity contribution < 1.29 is 4.92 Å². The van der Waals surface area contributed by atoms with E-state index in [1.165, 1.54) is 5.56 Å². The molecule has 0 aliphatic heterocycles. The van der Waals surface area contributed by atoms with Crippen molar-refractivity contribution in [1.82, 2.24) is 5.32 Å². The van der Waals surface area contributed by atoms with E-state index in [2.05, 4.69) is 31.3 Å². The summed E-state index contributed by atoms with van der Waals surface area (Å²) in [7, 11) is 0. The van der Waals surface area contributed by atoms with Crippen LogP contribution in [0.2, 0.25) is 0 Å². The zero-order valence-corrected chi connectivity index (χ0v) is 11.6. The summed E-state index contributed by atoms with van der Waals surface area (Å²) in [5.41, 5.74) is 2.39. The maximum atomic E-state index is 10.6. The average molecular weight is 270 g/mol. The second-order valence-corrected chi connectivity index (χ2v) is 4.87. The van der Waals surface area contributed by atoms with E-state index in [1.54, 1.807) is 24.3 Å². The highest BCUT2D eigenvalue weighted by atomic mass is 16.6. The second-order valence-electron chi connectivity index (χ2n) is 4.87. The van der Waals surface area contributed by atoms with Gasteiger partial charge in [0.25, 0.3) is 5.69 Å². The molecule has 0 saturated carbocycles. The van der Waals surface area contributed by atoms with Crippen LogP contribution in [0.5, 0.6) is 0 Å². The highest BCUT2D eigenvalue weighted by Crippen LogP contribution is 2.21. The van der Waals surface area contributed by atoms with Crippen molar-refractivity contribution in [2.24, 2.45) is 0 Å². The number of nitrogens with zero attached hydrogens (tertiary/aromatic N) is 1. The highest BCUT2D eigenvalue weighted by Gasteiger charge is 2.12. The van der Waals surface area contributed by atoms with Crippen LogP contribution in [-0.2, 0) is 0 Å². The maximum absolute atomic E-state index is 10.6. The quantitative estimate of drug-likeness (QED) is 0.659. The maximum Gasteiger partial charge on any atom is 0.269 e. The van der Waals surface area contributed by atoms with Crippen molar-refractivity contribution >= 4 is 5.69 Å². The molecule has 0 aliphatic rings. The van der Waals surface area contributed by atoms with Crippen LogP contribution in [0.3, 0.4) is 0 Å². The normalized spacial score (nSPS) is 13.7. The summed E-state index contributed by atoms with van der Waals surface area (Å²) in [5.74, 6) is 0. The van der Waals surface area contributed by atoms with Crippen LogP contribution in [0, 0.1) is 10.1 Å². The number of nitro benzene ring substituents is 1. The molecule has 2 aromatic carbocycles. The number of hydrogen-bond donors (Lipinski definition) is 1. The van der Waals surface area contributed by atoms with Gasteiger partial charge < -0.3 is 5.32 Å². The Hall–Kier alpha value is -2.20. The molecule has 0 fully saturated rings. The Kier molecular flexibility index (Phi) is 4.48. The molecule has 0 amide bonds. The van der Waals surface area contributed by atoms with E-state index in [0.717, 1.165) is 5.56 Å². The van der Waals surface area contributed by atoms with E-state index in [4.69, 9.17) is 0 Å². The van der Waals surface area contributed by atoms with Gasteiger partial charge in [-0.3, -0.25) is 10.1 Å². The fourth-order valence-electron chi connectivity index (χ4n) is 2.19. The number of rotatable bonds is 5. The molecule has 0 aliphatic carbocycles. The molecule has 0 saturated heterocycles. The lowest BCUT2D eigenvalue weighted by molar-refractivity contribution is -0.384. The van der Waals surface area contributed by atoms with Crippen LogP contribution in [0.4, 0.5) is 5.69 Å². The van der Waals surface area contributed by atoms with Gasteiger partial charge in [-0.05, 0) is 25.0 Å². The van der Waals surface area contributed by atoms with Gasteiger partial charge >= 0.3 is 0 Å². The van der Waals surface area contributed by atoms with E-state index >= 15 is 0 Å². The lowest BCUT2D eigenvalue weighted by Crippen LogP contribution is -2.22. The molecule has 0 spiro atoms. The summed E-state index contributed by atoms with van der Waals surface area (Å²) in [6.07, 6.45) is 0. The highest BCUT2D eigenvalue weighted by molar-refractivity contribution is 5.34. The van der Waals surface area contributed by atoms with Gasteiger partial charge in [0, 0.05) is 24.2 Å². The minimum Gasteiger partial charge on any atom is -0.304 e. The first kappa shape index (κ1) is 14.2. The summed E-state index contributed by atoms with van der Waals surface area (Å²) in [6.45, 7) is 4.16. The van der Waals surface area contributed by atoms with E-state index in [1.807, 2.05) is 18.2 Å². The summed E-state index contributed by atoms with van der Waals surface area (Å²) < 4.78 is 0. The summed E-state index contributed by atoms with van der Waals surface area (Å²) in [5, 5.41) is 14.1. The Morgan fingerprint density at radius 3 is 1.90 bits per heavy atom. The Bertz CT molecular complexity index is 567. The van der Waals surface area contributed by atoms with Gasteiger partial charge in [0.2, 0.25) is 0 Å². The average Bonchev–Trinajstić information content (AvgIpc) is 2.48. The van der Waals surface area contributed by atoms with Gasteiger partial charge in [-0.1, -0.05) is 42.5 Å². The minimum atomic E-state index is -0.380. The third-order valence-corrected chi connectivity index (χ3v) is 3.40. The Balaban J connectivity index is 2.04. The molecule has 0 radical (unpaired) electrons. The number of hydrogen-bond acceptors (Lipinski definition) is 3. The third kappa shape index (κ3) is 3.42. The van der Waals surface area contributed by atoms with Crippen molar-refractivity contribution in [3.63, 3.8) is 0 Å². The predicted octanol–water partition coefficient (Wildman–Crippen LogP) is 4.01. The van der Waals surface area contributed by atoms with Gasteiger partial charge in [0.1, 0.15) is 0 Å². The minimum absolute atomic E-state index is 0.122. The number of nitrogens with one attached hydrogen (secondary N) is 1. The topological polar surface area (TPSA) is 55.2 Å². The van der Waals surface area contributed by atoms with Crippen molar-refractivity contribution in [3.8, 4) is 0 Å². The number of nitro groups is 1. The van der Waals surface area contributed by atoms with Crippen LogP contribution in [0.15, 0.2) is 54.6 Å². The van der Waals surface area contributed by atoms with Gasteiger partial charge in [-0.15, -0.1) is 0 Å². The smallest absolute Gasteiger partial charge is 0.269 e. The molecule has 2 rings (SSSR count). The molecular weight excluding hydrogens is 252 g/mol. The van der Waals surface area contributed by atoms with Crippen molar-refractivity contribution in [2.45, 2.75) is 25.9 Å². The molecule has 0 aromatic heterocycles. The number of benzene rings is 2. The molecule has 1 N–H and O–H groups in total. The lowest BCUT2D eigenvalue weighted by atomic mass is 10.0. The standard InChI is InChI=1S/C16H18N2O2/c1-12(14-6-4-3-5-7-14)17-13(2)15-8-10-16(11-9-15)18(19)20/h3-13,17H,1-2H3/t12-,13-/m1/s1. The molecule has 2 aromatic rings. The van der Waals surface area contributed by atoms with E-state index < -0.39 is 0 Å². The van der Waals surface area contributed by atoms with Gasteiger partial charge in [0.15, 0.2) is 0 Å². The second kappa shape index (κ2) is 6.30. The van der Waals surface area contributed by atoms with Gasteiger partial charge in [-0.25, -0.2) is 0 Å². The van der Waals surface area contributed by atoms with Crippen LogP contribution in [0.25, 0.3) is 0 Å². The molecule has 4 heteroatoms. The van der Waals surface area contributed by atoms with E-state index in [9.17, 15) is 10.1 Å². The summed E-state index contributed by atoms with van der Waals surface area (Å²) >= 11 is 0. The summed E-state index contributed by atoms with van der Waals surface area (Å²) in [6, 6.07) is 17.2. The Morgan fingerprint density at radius 2 is 1.40 bits per heavy atom. The van der Waals surface area contributed by atoms with Crippen LogP contribution in [-0.4, -0.2) is 4.92 Å². The molecule has 104 valence electrons. The van der Waals surface area contributed by atoms with Crippen molar-refractivity contribution in [3.05, 3.63) is 75.8 Å². The number of non-ortho nitro benzene ring substituents is 1. The first-order valence-corrected chi connectivity index (χ1v) is 6.63. The molecule has 4 nitrogen and oxygen atoms in total. The van der Waals surface area contributed by atoms with Crippen LogP contribution >= 0.6 is 0 Å². The van der Waals surface area contributed by atoms with Crippen molar-refractivity contribution in [2.75, 3.05) is 0 Å². The lowest BCUT2D eigenvalue weighted by Gasteiger charge is -2.20. The molecule has 0 unspecified atom stereocenters. The van der Waals surface area contributed by atoms with Crippen LogP contribution < -0.4 is 5.32 Å². The zero-order chi connectivity index (χ0) is 14.5. The first-order chi connectivity index (χ1) is 9.58. The zero-order valence-electron chi connectivity index (χ0n) is 11.6. The summed E-state index contributed by atoms with van der Waals surface area (Å²) in [4.78, 5) is 10.3. The van der Waals surface area contributed by atoms with Crippen molar-refractivity contribution in [1.29, 1.82) is 0 Å². The fourth-order valence-corrected chi connectivity index (χ4v) is 2.19. The largest absolute Gasteiger partial charge is 0.304 e. The van der Waals surface area contributed by atoms with Crippen LogP contribution in [0.1, 0.15) is 37.1 Å². The monoisotopic (exact) mass is 270 g/mol. The molecule has 0 heterocycles. The van der Waals surface area contributed by atoms with E-state index in [0.29, 0.717) is 0 Å². The molecular formula is C16H18N2O2. The Morgan fingerprint density at radius 1 is 0.900 bits per heavy atom. The predicted molar refractivity (Wildman–Crippen MR) is 79.5 cm³/mol. The van der Waals surface area contributed by atoms with Gasteiger partial charge in [-0.2, -0.15) is 0 Å². The molecule has 2 atom stereocenters. The van der Waals surface area contributed by atoms with Gasteiger partial charge in [0.05, 0.1) is 4.92 Å². The molecule has 20 heavy (non-hydrogen) atoms. The molecule has 0 bridgehead atoms.